The van der Waals surface area contributed by atoms with E-state index >= 15 is 0 Å². The third-order valence-corrected chi connectivity index (χ3v) is 4.53. The molecule has 1 unspecified atom stereocenters. The Morgan fingerprint density at radius 1 is 1.52 bits per heavy atom. The van der Waals surface area contributed by atoms with Gasteiger partial charge in [0.2, 0.25) is 0 Å². The molecule has 6 nitrogen and oxygen atoms in total. The molecule has 1 aromatic rings. The Labute approximate surface area is 134 Å². The average Bonchev–Trinajstić information content (AvgIpc) is 2.48. The molecule has 8 heteroatoms. The minimum absolute atomic E-state index is 0.316. The van der Waals surface area contributed by atoms with Gasteiger partial charge in [-0.15, -0.1) is 0 Å². The number of rotatable bonds is 2. The second-order valence-corrected chi connectivity index (χ2v) is 6.42. The summed E-state index contributed by atoms with van der Waals surface area (Å²) in [5.74, 6) is 0.0466. The number of carbonyl (C=O) groups is 2. The molecule has 1 aromatic carbocycles. The zero-order chi connectivity index (χ0) is 15.4. The third-order valence-electron chi connectivity index (χ3n) is 3.02. The maximum absolute atomic E-state index is 12.3. The van der Waals surface area contributed by atoms with Gasteiger partial charge in [0.1, 0.15) is 12.1 Å². The maximum atomic E-state index is 12.3. The second-order valence-electron chi connectivity index (χ2n) is 4.35. The maximum Gasteiger partial charge on any atom is 0.327 e. The first-order valence-electron chi connectivity index (χ1n) is 6.10. The summed E-state index contributed by atoms with van der Waals surface area (Å²) in [5, 5.41) is 20.9. The van der Waals surface area contributed by atoms with E-state index in [4.69, 9.17) is 10.4 Å². The first-order chi connectivity index (χ1) is 10.0. The van der Waals surface area contributed by atoms with Crippen LogP contribution in [0.1, 0.15) is 5.56 Å². The molecule has 0 spiro atoms. The molecule has 1 saturated heterocycles. The van der Waals surface area contributed by atoms with Crippen molar-refractivity contribution >= 4 is 45.4 Å². The Balaban J connectivity index is 2.17. The van der Waals surface area contributed by atoms with Gasteiger partial charge in [0.15, 0.2) is 0 Å². The number of thioether (sulfide) groups is 1. The van der Waals surface area contributed by atoms with E-state index < -0.39 is 18.0 Å². The van der Waals surface area contributed by atoms with Gasteiger partial charge in [-0.05, 0) is 18.2 Å². The molecule has 110 valence electrons. The van der Waals surface area contributed by atoms with Crippen molar-refractivity contribution in [2.75, 3.05) is 23.4 Å². The molecule has 1 atom stereocenters. The van der Waals surface area contributed by atoms with Crippen molar-refractivity contribution in [2.45, 2.75) is 6.04 Å². The van der Waals surface area contributed by atoms with E-state index in [0.29, 0.717) is 29.3 Å². The standard InChI is InChI=1S/C13H12BrN3O3S/c14-9-1-2-10(8(5-9)6-15)16-13(20)17-3-4-21-7-11(17)12(18)19/h1-2,5,11H,3-4,7H2,(H,16,20)(H,18,19). The van der Waals surface area contributed by atoms with Gasteiger partial charge in [0.05, 0.1) is 11.3 Å². The van der Waals surface area contributed by atoms with Crippen LogP contribution in [-0.4, -0.2) is 46.1 Å². The highest BCUT2D eigenvalue weighted by Gasteiger charge is 2.32. The van der Waals surface area contributed by atoms with Crippen LogP contribution in [0.2, 0.25) is 0 Å². The Kier molecular flexibility index (Phi) is 5.09. The normalized spacial score (nSPS) is 17.9. The van der Waals surface area contributed by atoms with Crippen molar-refractivity contribution in [1.29, 1.82) is 5.26 Å². The molecule has 0 saturated carbocycles. The van der Waals surface area contributed by atoms with Crippen molar-refractivity contribution in [3.05, 3.63) is 28.2 Å². The zero-order valence-corrected chi connectivity index (χ0v) is 13.3. The number of hydrogen-bond donors (Lipinski definition) is 2. The van der Waals surface area contributed by atoms with Gasteiger partial charge in [-0.2, -0.15) is 17.0 Å². The van der Waals surface area contributed by atoms with Crippen molar-refractivity contribution in [2.24, 2.45) is 0 Å². The lowest BCUT2D eigenvalue weighted by atomic mass is 10.2. The summed E-state index contributed by atoms with van der Waals surface area (Å²) >= 11 is 4.76. The van der Waals surface area contributed by atoms with Crippen LogP contribution in [0.25, 0.3) is 0 Å². The number of aliphatic carboxylic acids is 1. The summed E-state index contributed by atoms with van der Waals surface area (Å²) in [6.45, 7) is 0.367. The average molecular weight is 370 g/mol. The molecule has 1 fully saturated rings. The Morgan fingerprint density at radius 3 is 2.95 bits per heavy atom. The van der Waals surface area contributed by atoms with Gasteiger partial charge in [-0.25, -0.2) is 9.59 Å². The molecule has 2 amide bonds. The van der Waals surface area contributed by atoms with Crippen LogP contribution in [-0.2, 0) is 4.79 Å². The summed E-state index contributed by atoms with van der Waals surface area (Å²) in [6.07, 6.45) is 0. The molecule has 21 heavy (non-hydrogen) atoms. The molecule has 2 N–H and O–H groups in total. The third kappa shape index (κ3) is 3.68. The highest BCUT2D eigenvalue weighted by Crippen LogP contribution is 2.22. The number of nitrogens with zero attached hydrogens (tertiary/aromatic N) is 2. The fourth-order valence-corrected chi connectivity index (χ4v) is 3.36. The second kappa shape index (κ2) is 6.83. The van der Waals surface area contributed by atoms with Gasteiger partial charge >= 0.3 is 12.0 Å². The molecule has 0 aromatic heterocycles. The number of carboxylic acid groups (broad SMARTS) is 1. The monoisotopic (exact) mass is 369 g/mol. The first-order valence-corrected chi connectivity index (χ1v) is 8.05. The van der Waals surface area contributed by atoms with Crippen LogP contribution in [0.3, 0.4) is 0 Å². The van der Waals surface area contributed by atoms with E-state index in [1.165, 1.54) is 16.7 Å². The van der Waals surface area contributed by atoms with E-state index in [1.54, 1.807) is 18.2 Å². The lowest BCUT2D eigenvalue weighted by Gasteiger charge is -2.32. The van der Waals surface area contributed by atoms with Gasteiger partial charge < -0.3 is 15.3 Å². The van der Waals surface area contributed by atoms with E-state index in [2.05, 4.69) is 21.2 Å². The SMILES string of the molecule is N#Cc1cc(Br)ccc1NC(=O)N1CCSCC1C(=O)O. The number of carbonyl (C=O) groups excluding carboxylic acids is 1. The molecule has 1 aliphatic rings. The summed E-state index contributed by atoms with van der Waals surface area (Å²) in [6, 6.07) is 5.56. The highest BCUT2D eigenvalue weighted by molar-refractivity contribution is 9.10. The van der Waals surface area contributed by atoms with E-state index in [9.17, 15) is 9.59 Å². The van der Waals surface area contributed by atoms with Gasteiger partial charge in [-0.1, -0.05) is 15.9 Å². The first kappa shape index (κ1) is 15.7. The van der Waals surface area contributed by atoms with Gasteiger partial charge in [0.25, 0.3) is 0 Å². The Hall–Kier alpha value is -1.72. The number of hydrogen-bond acceptors (Lipinski definition) is 4. The quantitative estimate of drug-likeness (QED) is 0.834. The fourth-order valence-electron chi connectivity index (χ4n) is 1.96. The molecular weight excluding hydrogens is 358 g/mol. The number of nitriles is 1. The minimum atomic E-state index is -1.02. The van der Waals surface area contributed by atoms with Crippen molar-refractivity contribution < 1.29 is 14.7 Å². The Morgan fingerprint density at radius 2 is 2.29 bits per heavy atom. The van der Waals surface area contributed by atoms with Crippen LogP contribution < -0.4 is 5.32 Å². The topological polar surface area (TPSA) is 93.4 Å². The predicted octanol–water partition coefficient (Wildman–Crippen LogP) is 2.35. The van der Waals surface area contributed by atoms with Crippen molar-refractivity contribution in [1.82, 2.24) is 4.90 Å². The largest absolute Gasteiger partial charge is 0.480 e. The van der Waals surface area contributed by atoms with E-state index in [1.807, 2.05) is 6.07 Å². The molecule has 2 rings (SSSR count). The predicted molar refractivity (Wildman–Crippen MR) is 83.3 cm³/mol. The van der Waals surface area contributed by atoms with Crippen molar-refractivity contribution in [3.63, 3.8) is 0 Å². The number of urea groups is 1. The van der Waals surface area contributed by atoms with Crippen LogP contribution in [0.4, 0.5) is 10.5 Å². The van der Waals surface area contributed by atoms with Gasteiger partial charge in [-0.3, -0.25) is 0 Å². The number of halogens is 1. The summed E-state index contributed by atoms with van der Waals surface area (Å²) in [4.78, 5) is 24.7. The van der Waals surface area contributed by atoms with Crippen LogP contribution in [0.15, 0.2) is 22.7 Å². The highest BCUT2D eigenvalue weighted by atomic mass is 79.9. The van der Waals surface area contributed by atoms with Gasteiger partial charge in [0, 0.05) is 22.5 Å². The van der Waals surface area contributed by atoms with Crippen LogP contribution in [0.5, 0.6) is 0 Å². The lowest BCUT2D eigenvalue weighted by Crippen LogP contribution is -2.51. The summed E-state index contributed by atoms with van der Waals surface area (Å²) in [7, 11) is 0. The molecule has 1 aliphatic heterocycles. The van der Waals surface area contributed by atoms with Crippen LogP contribution in [0, 0.1) is 11.3 Å². The smallest absolute Gasteiger partial charge is 0.327 e. The minimum Gasteiger partial charge on any atom is -0.480 e. The molecule has 0 radical (unpaired) electrons. The number of amides is 2. The van der Waals surface area contributed by atoms with E-state index in [0.717, 1.165) is 4.47 Å². The molecule has 1 heterocycles. The summed E-state index contributed by atoms with van der Waals surface area (Å²) < 4.78 is 0.731. The van der Waals surface area contributed by atoms with Crippen molar-refractivity contribution in [3.8, 4) is 6.07 Å². The van der Waals surface area contributed by atoms with E-state index in [-0.39, 0.29) is 0 Å². The number of nitrogens with one attached hydrogen (secondary N) is 1. The fraction of sp³-hybridized carbons (Fsp3) is 0.308. The molecule has 0 aliphatic carbocycles. The molecule has 0 bridgehead atoms. The summed E-state index contributed by atoms with van der Waals surface area (Å²) in [5.41, 5.74) is 0.684. The number of carboxylic acids is 1. The number of anilines is 1. The lowest BCUT2D eigenvalue weighted by molar-refractivity contribution is -0.141. The van der Waals surface area contributed by atoms with Crippen LogP contribution >= 0.6 is 27.7 Å². The zero-order valence-electron chi connectivity index (χ0n) is 10.9. The number of benzene rings is 1. The molecular formula is C13H12BrN3O3S. The Bertz CT molecular complexity index is 617.